The van der Waals surface area contributed by atoms with Crippen LogP contribution in [0.2, 0.25) is 0 Å². The molecule has 6 nitrogen and oxygen atoms in total. The molecule has 2 aliphatic rings. The van der Waals surface area contributed by atoms with Gasteiger partial charge in [0.25, 0.3) is 0 Å². The van der Waals surface area contributed by atoms with Crippen molar-refractivity contribution in [1.82, 2.24) is 9.97 Å². The van der Waals surface area contributed by atoms with Gasteiger partial charge in [-0.2, -0.15) is 0 Å². The molecule has 2 fully saturated rings. The Morgan fingerprint density at radius 3 is 1.60 bits per heavy atom. The van der Waals surface area contributed by atoms with Gasteiger partial charge in [0.05, 0.1) is 25.6 Å². The van der Waals surface area contributed by atoms with Crippen LogP contribution in [0.4, 0.5) is 0 Å². The van der Waals surface area contributed by atoms with Crippen molar-refractivity contribution in [2.45, 2.75) is 25.7 Å². The third-order valence-electron chi connectivity index (χ3n) is 4.11. The molecule has 7 heteroatoms. The van der Waals surface area contributed by atoms with Crippen molar-refractivity contribution in [3.8, 4) is 23.3 Å². The monoisotopic (exact) mass is 339 g/mol. The maximum absolute atomic E-state index is 5.58. The van der Waals surface area contributed by atoms with E-state index >= 15 is 0 Å². The molecule has 2 aliphatic carbocycles. The second-order valence-electron chi connectivity index (χ2n) is 6.50. The number of ether oxygens (including phenoxy) is 2. The molecule has 0 atom stereocenters. The lowest BCUT2D eigenvalue weighted by Gasteiger charge is -2.08. The van der Waals surface area contributed by atoms with Gasteiger partial charge in [0.1, 0.15) is 11.5 Å². The molecule has 4 rings (SSSR count). The summed E-state index contributed by atoms with van der Waals surface area (Å²) in [5.74, 6) is 3.81. The fourth-order valence-corrected chi connectivity index (χ4v) is 2.15. The zero-order chi connectivity index (χ0) is 16.9. The summed E-state index contributed by atoms with van der Waals surface area (Å²) in [7, 11) is 1.25. The lowest BCUT2D eigenvalue weighted by molar-refractivity contribution is 0.287. The summed E-state index contributed by atoms with van der Waals surface area (Å²) in [6.07, 6.45) is 8.25. The highest BCUT2D eigenvalue weighted by atomic mass is 16.6. The number of pyridine rings is 2. The van der Waals surface area contributed by atoms with Crippen LogP contribution in [0, 0.1) is 11.8 Å². The Morgan fingerprint density at radius 1 is 0.760 bits per heavy atom. The molecule has 2 aromatic heterocycles. The summed E-state index contributed by atoms with van der Waals surface area (Å²) in [5, 5.41) is 0. The molecule has 0 aliphatic heterocycles. The maximum atomic E-state index is 5.58. The number of rotatable bonds is 10. The fraction of sp³-hybridized carbons (Fsp3) is 0.444. The van der Waals surface area contributed by atoms with Crippen LogP contribution in [0.3, 0.4) is 0 Å². The molecule has 1 radical (unpaired) electrons. The highest BCUT2D eigenvalue weighted by Gasteiger charge is 2.22. The largest absolute Gasteiger partial charge is 0.658 e. The molecule has 0 aromatic carbocycles. The highest BCUT2D eigenvalue weighted by Crippen LogP contribution is 2.30. The Bertz CT molecular complexity index is 613. The van der Waals surface area contributed by atoms with E-state index in [0.717, 1.165) is 13.2 Å². The molecule has 0 N–H and O–H groups in total. The van der Waals surface area contributed by atoms with Gasteiger partial charge in [-0.25, -0.2) is 9.97 Å². The Labute approximate surface area is 147 Å². The first kappa shape index (κ1) is 16.1. The van der Waals surface area contributed by atoms with E-state index in [1.807, 2.05) is 0 Å². The molecule has 0 saturated heterocycles. The van der Waals surface area contributed by atoms with E-state index in [0.29, 0.717) is 35.1 Å². The predicted octanol–water partition coefficient (Wildman–Crippen LogP) is 3.05. The van der Waals surface area contributed by atoms with Crippen LogP contribution < -0.4 is 18.8 Å². The van der Waals surface area contributed by atoms with Crippen molar-refractivity contribution in [3.05, 3.63) is 36.7 Å². The first-order chi connectivity index (χ1) is 12.3. The van der Waals surface area contributed by atoms with E-state index in [9.17, 15) is 0 Å². The minimum atomic E-state index is 0.580. The molecular weight excluding hydrogens is 319 g/mol. The van der Waals surface area contributed by atoms with E-state index in [1.165, 1.54) is 33.4 Å². The van der Waals surface area contributed by atoms with Crippen molar-refractivity contribution >= 4 is 7.69 Å². The molecular formula is C18H20BN2O4. The highest BCUT2D eigenvalue weighted by molar-refractivity contribution is 6.20. The van der Waals surface area contributed by atoms with E-state index in [2.05, 4.69) is 9.97 Å². The first-order valence-electron chi connectivity index (χ1n) is 8.68. The zero-order valence-electron chi connectivity index (χ0n) is 14.0. The summed E-state index contributed by atoms with van der Waals surface area (Å²) in [4.78, 5) is 8.41. The van der Waals surface area contributed by atoms with Crippen molar-refractivity contribution in [2.75, 3.05) is 13.2 Å². The average Bonchev–Trinajstić information content (AvgIpc) is 3.55. The molecule has 129 valence electrons. The van der Waals surface area contributed by atoms with Gasteiger partial charge in [-0.05, 0) is 49.7 Å². The van der Waals surface area contributed by atoms with Gasteiger partial charge in [0.2, 0.25) is 11.8 Å². The zero-order valence-corrected chi connectivity index (χ0v) is 14.0. The summed E-state index contributed by atoms with van der Waals surface area (Å²) >= 11 is 0. The van der Waals surface area contributed by atoms with Crippen molar-refractivity contribution in [2.24, 2.45) is 11.8 Å². The number of nitrogens with zero attached hydrogens (tertiary/aromatic N) is 2. The van der Waals surface area contributed by atoms with Gasteiger partial charge in [0, 0.05) is 12.1 Å². The molecule has 2 aromatic rings. The third-order valence-corrected chi connectivity index (χ3v) is 4.11. The Hall–Kier alpha value is -2.44. The summed E-state index contributed by atoms with van der Waals surface area (Å²) in [5.41, 5.74) is 0. The average molecular weight is 339 g/mol. The standard InChI is InChI=1S/C18H20BN2O4/c1-2-13(1)11-22-17-7-5-15(9-20-17)24-19-25-16-6-8-18(21-10-16)23-12-14-3-4-14/h5-10,13-14H,1-4,11-12H2. The van der Waals surface area contributed by atoms with Gasteiger partial charge >= 0.3 is 7.69 Å². The molecule has 2 saturated carbocycles. The van der Waals surface area contributed by atoms with E-state index in [4.69, 9.17) is 18.8 Å². The third kappa shape index (κ3) is 5.27. The molecule has 0 unspecified atom stereocenters. The Morgan fingerprint density at radius 2 is 1.24 bits per heavy atom. The van der Waals surface area contributed by atoms with Crippen LogP contribution in [-0.4, -0.2) is 30.9 Å². The molecule has 0 amide bonds. The summed E-state index contributed by atoms with van der Waals surface area (Å²) in [6, 6.07) is 7.17. The normalized spacial score (nSPS) is 16.2. The van der Waals surface area contributed by atoms with Crippen LogP contribution in [0.5, 0.6) is 23.3 Å². The molecule has 2 heterocycles. The Balaban J connectivity index is 1.17. The van der Waals surface area contributed by atoms with E-state index in [1.54, 1.807) is 36.7 Å². The van der Waals surface area contributed by atoms with Gasteiger partial charge in [0.15, 0.2) is 0 Å². The number of hydrogen-bond donors (Lipinski definition) is 0. The number of aromatic nitrogens is 2. The second kappa shape index (κ2) is 7.63. The Kier molecular flexibility index (Phi) is 4.90. The maximum Gasteiger partial charge on any atom is 0.658 e. The fourth-order valence-electron chi connectivity index (χ4n) is 2.15. The molecule has 0 bridgehead atoms. The molecule has 0 spiro atoms. The van der Waals surface area contributed by atoms with Crippen LogP contribution in [0.25, 0.3) is 0 Å². The molecule has 25 heavy (non-hydrogen) atoms. The van der Waals surface area contributed by atoms with Crippen molar-refractivity contribution < 1.29 is 18.8 Å². The van der Waals surface area contributed by atoms with Gasteiger partial charge in [-0.1, -0.05) is 0 Å². The topological polar surface area (TPSA) is 62.7 Å². The van der Waals surface area contributed by atoms with Gasteiger partial charge in [-0.15, -0.1) is 0 Å². The number of hydrogen-bond acceptors (Lipinski definition) is 6. The van der Waals surface area contributed by atoms with E-state index < -0.39 is 0 Å². The second-order valence-corrected chi connectivity index (χ2v) is 6.50. The van der Waals surface area contributed by atoms with Crippen LogP contribution in [0.15, 0.2) is 36.7 Å². The lowest BCUT2D eigenvalue weighted by Crippen LogP contribution is -2.11. The smallest absolute Gasteiger partial charge is 0.525 e. The van der Waals surface area contributed by atoms with Crippen LogP contribution in [-0.2, 0) is 0 Å². The minimum Gasteiger partial charge on any atom is -0.525 e. The van der Waals surface area contributed by atoms with Gasteiger partial charge < -0.3 is 18.8 Å². The summed E-state index contributed by atoms with van der Waals surface area (Å²) in [6.45, 7) is 1.49. The lowest BCUT2D eigenvalue weighted by atomic mass is 10.3. The van der Waals surface area contributed by atoms with Crippen molar-refractivity contribution in [1.29, 1.82) is 0 Å². The predicted molar refractivity (Wildman–Crippen MR) is 91.9 cm³/mol. The van der Waals surface area contributed by atoms with E-state index in [-0.39, 0.29) is 0 Å². The van der Waals surface area contributed by atoms with Gasteiger partial charge in [-0.3, -0.25) is 0 Å². The van der Waals surface area contributed by atoms with Crippen LogP contribution in [0.1, 0.15) is 25.7 Å². The quantitative estimate of drug-likeness (QED) is 0.620. The first-order valence-corrected chi connectivity index (χ1v) is 8.68. The van der Waals surface area contributed by atoms with Crippen LogP contribution >= 0.6 is 0 Å². The SMILES string of the molecule is [B](Oc1ccc(OCC2CC2)nc1)Oc1ccc(OCC2CC2)nc1. The summed E-state index contributed by atoms with van der Waals surface area (Å²) < 4.78 is 22.0. The van der Waals surface area contributed by atoms with Crippen molar-refractivity contribution in [3.63, 3.8) is 0 Å². The minimum absolute atomic E-state index is 0.580.